The van der Waals surface area contributed by atoms with Gasteiger partial charge in [-0.15, -0.1) is 0 Å². The van der Waals surface area contributed by atoms with Crippen LogP contribution in [0.3, 0.4) is 0 Å². The van der Waals surface area contributed by atoms with Gasteiger partial charge in [0.1, 0.15) is 17.4 Å². The maximum absolute atomic E-state index is 13.3. The Morgan fingerprint density at radius 2 is 2.04 bits per heavy atom. The molecule has 2 heterocycles. The quantitative estimate of drug-likeness (QED) is 0.822. The Morgan fingerprint density at radius 3 is 2.63 bits per heavy atom. The molecule has 0 bridgehead atoms. The Bertz CT molecular complexity index is 1030. The fourth-order valence-corrected chi connectivity index (χ4v) is 3.99. The number of nitriles is 1. The highest BCUT2D eigenvalue weighted by Gasteiger charge is 2.35. The van der Waals surface area contributed by atoms with E-state index in [-0.39, 0.29) is 17.0 Å². The van der Waals surface area contributed by atoms with Crippen molar-refractivity contribution in [3.05, 3.63) is 72.9 Å². The lowest BCUT2D eigenvalue weighted by Crippen LogP contribution is -2.33. The van der Waals surface area contributed by atoms with Gasteiger partial charge in [0.05, 0.1) is 11.5 Å². The van der Waals surface area contributed by atoms with Crippen molar-refractivity contribution in [1.82, 2.24) is 4.57 Å². The molecule has 140 valence electrons. The predicted molar refractivity (Wildman–Crippen MR) is 106 cm³/mol. The highest BCUT2D eigenvalue weighted by Crippen LogP contribution is 2.43. The van der Waals surface area contributed by atoms with E-state index in [9.17, 15) is 10.1 Å². The third kappa shape index (κ3) is 3.31. The van der Waals surface area contributed by atoms with E-state index < -0.39 is 5.92 Å². The topological polar surface area (TPSA) is 81.0 Å². The molecule has 0 saturated heterocycles. The van der Waals surface area contributed by atoms with Crippen molar-refractivity contribution in [2.75, 3.05) is 0 Å². The number of ether oxygens (including phenoxy) is 1. The Balaban J connectivity index is 2.35. The molecule has 2 N–H and O–H groups in total. The van der Waals surface area contributed by atoms with E-state index in [1.165, 1.54) is 0 Å². The Labute approximate surface area is 167 Å². The monoisotopic (exact) mass is 403 g/mol. The molecule has 5 nitrogen and oxygen atoms in total. The molecular weight excluding hydrogens is 385 g/mol. The third-order valence-electron chi connectivity index (χ3n) is 4.66. The van der Waals surface area contributed by atoms with E-state index in [0.29, 0.717) is 33.5 Å². The van der Waals surface area contributed by atoms with E-state index in [0.717, 1.165) is 18.5 Å². The minimum atomic E-state index is -0.704. The summed E-state index contributed by atoms with van der Waals surface area (Å²) in [5, 5.41) is 10.5. The van der Waals surface area contributed by atoms with E-state index in [2.05, 4.69) is 6.07 Å². The number of hydrogen-bond donors (Lipinski definition) is 1. The van der Waals surface area contributed by atoms with Gasteiger partial charge in [0.25, 0.3) is 5.56 Å². The van der Waals surface area contributed by atoms with Crippen LogP contribution in [-0.2, 0) is 13.0 Å². The van der Waals surface area contributed by atoms with Gasteiger partial charge in [0, 0.05) is 28.4 Å². The molecule has 0 spiro atoms. The van der Waals surface area contributed by atoms with Crippen LogP contribution in [0.4, 0.5) is 0 Å². The van der Waals surface area contributed by atoms with Crippen LogP contribution in [0.5, 0.6) is 5.75 Å². The van der Waals surface area contributed by atoms with Crippen LogP contribution in [-0.4, -0.2) is 4.57 Å². The molecule has 2 aromatic rings. The standard InChI is InChI=1S/C20H19Cl2N3O2/c1-3-5-12-9-16-18(20(26)25(12)4-2)17(14(10-23)19(24)27-16)13-7-6-11(21)8-15(13)22/h6-9,17H,3-5,24H2,1-2H3. The summed E-state index contributed by atoms with van der Waals surface area (Å²) in [5.41, 5.74) is 7.81. The predicted octanol–water partition coefficient (Wildman–Crippen LogP) is 4.35. The number of nitrogens with zero attached hydrogens (tertiary/aromatic N) is 2. The highest BCUT2D eigenvalue weighted by molar-refractivity contribution is 6.35. The summed E-state index contributed by atoms with van der Waals surface area (Å²) in [6.07, 6.45) is 1.63. The second-order valence-corrected chi connectivity index (χ2v) is 7.15. The summed E-state index contributed by atoms with van der Waals surface area (Å²) in [6.45, 7) is 4.48. The molecule has 0 radical (unpaired) electrons. The maximum atomic E-state index is 13.3. The number of benzene rings is 1. The van der Waals surface area contributed by atoms with Crippen LogP contribution in [0, 0.1) is 11.3 Å². The molecule has 0 aliphatic carbocycles. The summed E-state index contributed by atoms with van der Waals surface area (Å²) in [7, 11) is 0. The Hall–Kier alpha value is -2.42. The number of hydrogen-bond acceptors (Lipinski definition) is 4. The number of halogens is 2. The minimum Gasteiger partial charge on any atom is -0.440 e. The van der Waals surface area contributed by atoms with Gasteiger partial charge in [0.15, 0.2) is 0 Å². The third-order valence-corrected chi connectivity index (χ3v) is 5.23. The van der Waals surface area contributed by atoms with Gasteiger partial charge in [-0.05, 0) is 31.0 Å². The fraction of sp³-hybridized carbons (Fsp3) is 0.300. The van der Waals surface area contributed by atoms with Gasteiger partial charge in [-0.3, -0.25) is 4.79 Å². The van der Waals surface area contributed by atoms with E-state index in [1.54, 1.807) is 22.8 Å². The summed E-state index contributed by atoms with van der Waals surface area (Å²) in [5.74, 6) is -0.345. The van der Waals surface area contributed by atoms with E-state index in [1.807, 2.05) is 19.9 Å². The van der Waals surface area contributed by atoms with Crippen LogP contribution in [0.15, 0.2) is 40.5 Å². The van der Waals surface area contributed by atoms with Gasteiger partial charge in [0.2, 0.25) is 5.88 Å². The van der Waals surface area contributed by atoms with Gasteiger partial charge in [-0.1, -0.05) is 42.6 Å². The number of rotatable bonds is 4. The Morgan fingerprint density at radius 1 is 1.30 bits per heavy atom. The molecule has 1 aromatic heterocycles. The molecule has 0 saturated carbocycles. The molecule has 1 aliphatic heterocycles. The molecular formula is C20H19Cl2N3O2. The van der Waals surface area contributed by atoms with Crippen molar-refractivity contribution in [1.29, 1.82) is 5.26 Å². The molecule has 3 rings (SSSR count). The van der Waals surface area contributed by atoms with E-state index in [4.69, 9.17) is 33.7 Å². The van der Waals surface area contributed by atoms with Crippen molar-refractivity contribution in [2.45, 2.75) is 39.2 Å². The first-order valence-electron chi connectivity index (χ1n) is 8.72. The first-order valence-corrected chi connectivity index (χ1v) is 9.47. The minimum absolute atomic E-state index is 0.0166. The number of nitrogens with two attached hydrogens (primary N) is 1. The van der Waals surface area contributed by atoms with Gasteiger partial charge >= 0.3 is 0 Å². The van der Waals surface area contributed by atoms with Crippen LogP contribution in [0.2, 0.25) is 10.0 Å². The molecule has 1 aromatic carbocycles. The summed E-state index contributed by atoms with van der Waals surface area (Å²) in [4.78, 5) is 13.3. The zero-order valence-electron chi connectivity index (χ0n) is 15.1. The average Bonchev–Trinajstić information content (AvgIpc) is 2.61. The lowest BCUT2D eigenvalue weighted by Gasteiger charge is -2.28. The van der Waals surface area contributed by atoms with Crippen LogP contribution in [0.25, 0.3) is 0 Å². The van der Waals surface area contributed by atoms with Gasteiger partial charge in [-0.25, -0.2) is 0 Å². The summed E-state index contributed by atoms with van der Waals surface area (Å²) < 4.78 is 7.38. The van der Waals surface area contributed by atoms with E-state index >= 15 is 0 Å². The second-order valence-electron chi connectivity index (χ2n) is 6.30. The largest absolute Gasteiger partial charge is 0.440 e. The molecule has 0 fully saturated rings. The van der Waals surface area contributed by atoms with Crippen molar-refractivity contribution < 1.29 is 4.74 Å². The van der Waals surface area contributed by atoms with Crippen molar-refractivity contribution in [3.8, 4) is 11.8 Å². The number of aromatic nitrogens is 1. The lowest BCUT2D eigenvalue weighted by molar-refractivity contribution is 0.388. The van der Waals surface area contributed by atoms with Crippen molar-refractivity contribution in [3.63, 3.8) is 0 Å². The Kier molecular flexibility index (Phi) is 5.50. The molecule has 7 heteroatoms. The van der Waals surface area contributed by atoms with Crippen LogP contribution >= 0.6 is 23.2 Å². The molecule has 1 atom stereocenters. The fourth-order valence-electron chi connectivity index (χ4n) is 3.47. The first kappa shape index (κ1) is 19.3. The molecule has 1 aliphatic rings. The lowest BCUT2D eigenvalue weighted by atomic mass is 9.84. The zero-order chi connectivity index (χ0) is 19.7. The average molecular weight is 404 g/mol. The van der Waals surface area contributed by atoms with Crippen molar-refractivity contribution >= 4 is 23.2 Å². The second kappa shape index (κ2) is 7.67. The molecule has 1 unspecified atom stereocenters. The van der Waals surface area contributed by atoms with Crippen molar-refractivity contribution in [2.24, 2.45) is 5.73 Å². The summed E-state index contributed by atoms with van der Waals surface area (Å²) >= 11 is 12.4. The number of pyridine rings is 1. The SMILES string of the molecule is CCCc1cc2c(c(=O)n1CC)C(c1ccc(Cl)cc1Cl)C(C#N)=C(N)O2. The number of aryl methyl sites for hydroxylation is 1. The maximum Gasteiger partial charge on any atom is 0.258 e. The highest BCUT2D eigenvalue weighted by atomic mass is 35.5. The van der Waals surface area contributed by atoms with Gasteiger partial charge < -0.3 is 15.0 Å². The van der Waals surface area contributed by atoms with Crippen LogP contribution in [0.1, 0.15) is 43.0 Å². The van der Waals surface area contributed by atoms with Crippen LogP contribution < -0.4 is 16.0 Å². The molecule has 27 heavy (non-hydrogen) atoms. The number of fused-ring (bicyclic) bond motifs is 1. The number of allylic oxidation sites excluding steroid dienone is 1. The molecule has 0 amide bonds. The summed E-state index contributed by atoms with van der Waals surface area (Å²) in [6, 6.07) is 8.89. The zero-order valence-corrected chi connectivity index (χ0v) is 16.6. The smallest absolute Gasteiger partial charge is 0.258 e. The first-order chi connectivity index (χ1) is 12.9. The van der Waals surface area contributed by atoms with Gasteiger partial charge in [-0.2, -0.15) is 5.26 Å². The normalized spacial score (nSPS) is 15.9.